The van der Waals surface area contributed by atoms with E-state index in [1.165, 1.54) is 4.68 Å². The van der Waals surface area contributed by atoms with Gasteiger partial charge in [-0.2, -0.15) is 5.10 Å². The third-order valence-corrected chi connectivity index (χ3v) is 2.49. The number of carbonyl (C=O) groups excluding carboxylic acids is 1. The highest BCUT2D eigenvalue weighted by molar-refractivity contribution is 5.98. The molecule has 0 spiro atoms. The average Bonchev–Trinajstić information content (AvgIpc) is 2.60. The second kappa shape index (κ2) is 5.65. The van der Waals surface area contributed by atoms with Crippen LogP contribution in [-0.2, 0) is 13.5 Å². The van der Waals surface area contributed by atoms with Gasteiger partial charge in [-0.05, 0) is 6.42 Å². The van der Waals surface area contributed by atoms with Crippen LogP contribution in [0.25, 0.3) is 0 Å². The molecule has 0 radical (unpaired) electrons. The summed E-state index contributed by atoms with van der Waals surface area (Å²) in [5, 5.41) is 24.4. The van der Waals surface area contributed by atoms with Crippen molar-refractivity contribution >= 4 is 11.6 Å². The van der Waals surface area contributed by atoms with Crippen molar-refractivity contribution in [1.82, 2.24) is 15.1 Å². The molecule has 1 heterocycles. The maximum Gasteiger partial charge on any atom is 0.272 e. The molecule has 0 fully saturated rings. The van der Waals surface area contributed by atoms with E-state index in [1.807, 2.05) is 6.92 Å². The molecule has 7 heteroatoms. The minimum Gasteiger partial charge on any atom is -0.395 e. The van der Waals surface area contributed by atoms with E-state index in [0.29, 0.717) is 17.8 Å². The van der Waals surface area contributed by atoms with Crippen molar-refractivity contribution in [3.8, 4) is 0 Å². The molecular formula is C10H18N4O3. The van der Waals surface area contributed by atoms with Gasteiger partial charge in [-0.3, -0.25) is 9.48 Å². The Morgan fingerprint density at radius 2 is 2.12 bits per heavy atom. The highest BCUT2D eigenvalue weighted by Gasteiger charge is 2.21. The Morgan fingerprint density at radius 3 is 2.53 bits per heavy atom. The van der Waals surface area contributed by atoms with Crippen LogP contribution in [0.3, 0.4) is 0 Å². The van der Waals surface area contributed by atoms with E-state index in [9.17, 15) is 4.79 Å². The summed E-state index contributed by atoms with van der Waals surface area (Å²) in [6.45, 7) is 1.23. The average molecular weight is 242 g/mol. The quantitative estimate of drug-likeness (QED) is 0.509. The number of nitrogens with zero attached hydrogens (tertiary/aromatic N) is 2. The van der Waals surface area contributed by atoms with E-state index in [2.05, 4.69) is 10.4 Å². The second-order valence-electron chi connectivity index (χ2n) is 3.72. The lowest BCUT2D eigenvalue weighted by molar-refractivity contribution is 0.0871. The van der Waals surface area contributed by atoms with Gasteiger partial charge in [0.1, 0.15) is 5.69 Å². The lowest BCUT2D eigenvalue weighted by Crippen LogP contribution is -2.41. The molecule has 96 valence electrons. The number of hydrogen-bond donors (Lipinski definition) is 4. The number of hydrogen-bond acceptors (Lipinski definition) is 5. The van der Waals surface area contributed by atoms with Crippen molar-refractivity contribution in [2.75, 3.05) is 18.9 Å². The third kappa shape index (κ3) is 2.75. The summed E-state index contributed by atoms with van der Waals surface area (Å²) >= 11 is 0. The van der Waals surface area contributed by atoms with Crippen molar-refractivity contribution in [1.29, 1.82) is 0 Å². The number of aromatic nitrogens is 2. The number of nitrogens with one attached hydrogen (secondary N) is 1. The van der Waals surface area contributed by atoms with Gasteiger partial charge in [-0.1, -0.05) is 6.92 Å². The van der Waals surface area contributed by atoms with Crippen molar-refractivity contribution < 1.29 is 15.0 Å². The normalized spacial score (nSPS) is 10.9. The SMILES string of the molecule is CCc1nn(C)c(C(=O)NC(CO)CO)c1N. The Hall–Kier alpha value is -1.60. The molecular weight excluding hydrogens is 224 g/mol. The van der Waals surface area contributed by atoms with E-state index in [0.717, 1.165) is 0 Å². The summed E-state index contributed by atoms with van der Waals surface area (Å²) in [5.74, 6) is -0.453. The number of rotatable bonds is 5. The molecule has 1 aromatic rings. The molecule has 0 unspecified atom stereocenters. The first kappa shape index (κ1) is 13.5. The molecule has 1 aromatic heterocycles. The second-order valence-corrected chi connectivity index (χ2v) is 3.72. The number of nitrogens with two attached hydrogens (primary N) is 1. The lowest BCUT2D eigenvalue weighted by Gasteiger charge is -2.13. The van der Waals surface area contributed by atoms with Crippen molar-refractivity contribution in [2.24, 2.45) is 7.05 Å². The van der Waals surface area contributed by atoms with E-state index >= 15 is 0 Å². The summed E-state index contributed by atoms with van der Waals surface area (Å²) in [6.07, 6.45) is 0.635. The standard InChI is InChI=1S/C10H18N4O3/c1-3-7-8(11)9(14(2)13-7)10(17)12-6(4-15)5-16/h6,15-16H,3-5,11H2,1-2H3,(H,12,17). The highest BCUT2D eigenvalue weighted by atomic mass is 16.3. The van der Waals surface area contributed by atoms with Gasteiger partial charge in [0, 0.05) is 7.05 Å². The fourth-order valence-electron chi connectivity index (χ4n) is 1.53. The van der Waals surface area contributed by atoms with Crippen LogP contribution in [0, 0.1) is 0 Å². The van der Waals surface area contributed by atoms with Crippen LogP contribution < -0.4 is 11.1 Å². The molecule has 0 aromatic carbocycles. The zero-order valence-corrected chi connectivity index (χ0v) is 9.97. The number of carbonyl (C=O) groups is 1. The van der Waals surface area contributed by atoms with Crippen LogP contribution in [0.15, 0.2) is 0 Å². The zero-order chi connectivity index (χ0) is 13.0. The van der Waals surface area contributed by atoms with Gasteiger partial charge in [0.15, 0.2) is 0 Å². The molecule has 0 saturated heterocycles. The van der Waals surface area contributed by atoms with Gasteiger partial charge >= 0.3 is 0 Å². The molecule has 17 heavy (non-hydrogen) atoms. The van der Waals surface area contributed by atoms with E-state index in [-0.39, 0.29) is 18.9 Å². The Morgan fingerprint density at radius 1 is 1.53 bits per heavy atom. The minimum absolute atomic E-state index is 0.244. The van der Waals surface area contributed by atoms with Crippen molar-refractivity contribution in [3.05, 3.63) is 11.4 Å². The Kier molecular flexibility index (Phi) is 4.47. The molecule has 0 bridgehead atoms. The molecule has 0 aliphatic rings. The number of aliphatic hydroxyl groups excluding tert-OH is 2. The summed E-state index contributed by atoms with van der Waals surface area (Å²) in [6, 6.07) is -0.693. The fraction of sp³-hybridized carbons (Fsp3) is 0.600. The highest BCUT2D eigenvalue weighted by Crippen LogP contribution is 2.16. The fourth-order valence-corrected chi connectivity index (χ4v) is 1.53. The summed E-state index contributed by atoms with van der Waals surface area (Å²) in [7, 11) is 1.62. The van der Waals surface area contributed by atoms with Gasteiger partial charge in [0.05, 0.1) is 30.6 Å². The van der Waals surface area contributed by atoms with Crippen LogP contribution in [-0.4, -0.2) is 45.2 Å². The van der Waals surface area contributed by atoms with Crippen molar-refractivity contribution in [3.63, 3.8) is 0 Å². The van der Waals surface area contributed by atoms with Gasteiger partial charge in [-0.15, -0.1) is 0 Å². The lowest BCUT2D eigenvalue weighted by atomic mass is 10.2. The predicted molar refractivity (Wildman–Crippen MR) is 62.4 cm³/mol. The van der Waals surface area contributed by atoms with E-state index in [1.54, 1.807) is 7.05 Å². The number of anilines is 1. The molecule has 1 rings (SSSR count). The number of nitrogen functional groups attached to an aromatic ring is 1. The number of amides is 1. The summed E-state index contributed by atoms with van der Waals surface area (Å²) < 4.78 is 1.40. The minimum atomic E-state index is -0.693. The molecule has 0 atom stereocenters. The van der Waals surface area contributed by atoms with E-state index < -0.39 is 11.9 Å². The van der Waals surface area contributed by atoms with Gasteiger partial charge in [-0.25, -0.2) is 0 Å². The first-order valence-electron chi connectivity index (χ1n) is 5.39. The number of aryl methyl sites for hydroxylation is 2. The monoisotopic (exact) mass is 242 g/mol. The molecule has 0 aliphatic carbocycles. The van der Waals surface area contributed by atoms with Crippen LogP contribution in [0.5, 0.6) is 0 Å². The van der Waals surface area contributed by atoms with Crippen molar-refractivity contribution in [2.45, 2.75) is 19.4 Å². The smallest absolute Gasteiger partial charge is 0.272 e. The van der Waals surface area contributed by atoms with Gasteiger partial charge in [0.25, 0.3) is 5.91 Å². The zero-order valence-electron chi connectivity index (χ0n) is 9.97. The van der Waals surface area contributed by atoms with Crippen LogP contribution >= 0.6 is 0 Å². The first-order valence-corrected chi connectivity index (χ1v) is 5.39. The predicted octanol–water partition coefficient (Wildman–Crippen LogP) is -1.35. The molecule has 0 saturated carbocycles. The van der Waals surface area contributed by atoms with Crippen LogP contribution in [0.2, 0.25) is 0 Å². The molecule has 1 amide bonds. The largest absolute Gasteiger partial charge is 0.395 e. The Labute approximate surface area is 99.2 Å². The Balaban J connectivity index is 2.92. The molecule has 5 N–H and O–H groups in total. The van der Waals surface area contributed by atoms with E-state index in [4.69, 9.17) is 15.9 Å². The van der Waals surface area contributed by atoms with Gasteiger partial charge in [0.2, 0.25) is 0 Å². The van der Waals surface area contributed by atoms with Crippen LogP contribution in [0.4, 0.5) is 5.69 Å². The summed E-state index contributed by atoms with van der Waals surface area (Å²) in [4.78, 5) is 11.9. The first-order chi connectivity index (χ1) is 8.04. The topological polar surface area (TPSA) is 113 Å². The molecule has 0 aliphatic heterocycles. The Bertz CT molecular complexity index is 399. The van der Waals surface area contributed by atoms with Crippen LogP contribution in [0.1, 0.15) is 23.1 Å². The third-order valence-electron chi connectivity index (χ3n) is 2.49. The maximum absolute atomic E-state index is 11.9. The molecule has 7 nitrogen and oxygen atoms in total. The summed E-state index contributed by atoms with van der Waals surface area (Å²) in [5.41, 5.74) is 7.04. The maximum atomic E-state index is 11.9. The van der Waals surface area contributed by atoms with Gasteiger partial charge < -0.3 is 21.3 Å². The number of aliphatic hydroxyl groups is 2.